The molecule has 128 valence electrons. The summed E-state index contributed by atoms with van der Waals surface area (Å²) >= 11 is 0. The van der Waals surface area contributed by atoms with Crippen molar-refractivity contribution < 1.29 is 4.79 Å². The van der Waals surface area contributed by atoms with Crippen LogP contribution in [0.4, 0.5) is 0 Å². The minimum absolute atomic E-state index is 0. The molecule has 1 saturated carbocycles. The molecule has 0 bridgehead atoms. The van der Waals surface area contributed by atoms with Crippen molar-refractivity contribution >= 4 is 18.3 Å². The summed E-state index contributed by atoms with van der Waals surface area (Å²) in [7, 11) is 0. The fraction of sp³-hybridized carbons (Fsp3) is 0.632. The van der Waals surface area contributed by atoms with E-state index < -0.39 is 0 Å². The van der Waals surface area contributed by atoms with Crippen LogP contribution in [-0.2, 0) is 4.79 Å². The molecule has 1 aromatic rings. The van der Waals surface area contributed by atoms with Crippen LogP contribution in [0.15, 0.2) is 30.3 Å². The molecule has 2 N–H and O–H groups in total. The third-order valence-corrected chi connectivity index (χ3v) is 5.33. The van der Waals surface area contributed by atoms with E-state index >= 15 is 0 Å². The van der Waals surface area contributed by atoms with Crippen molar-refractivity contribution in [2.75, 3.05) is 19.6 Å². The molecular formula is C19H29ClN2O. The maximum absolute atomic E-state index is 12.4. The Bertz CT molecular complexity index is 466. The van der Waals surface area contributed by atoms with Gasteiger partial charge in [-0.15, -0.1) is 12.4 Å². The molecule has 1 amide bonds. The van der Waals surface area contributed by atoms with Gasteiger partial charge in [-0.05, 0) is 69.0 Å². The van der Waals surface area contributed by atoms with Crippen LogP contribution in [0.1, 0.15) is 50.0 Å². The molecule has 3 nitrogen and oxygen atoms in total. The molecule has 1 unspecified atom stereocenters. The number of nitrogens with one attached hydrogen (secondary N) is 2. The van der Waals surface area contributed by atoms with Crippen LogP contribution in [0.3, 0.4) is 0 Å². The molecule has 1 aliphatic carbocycles. The van der Waals surface area contributed by atoms with Crippen molar-refractivity contribution in [1.29, 1.82) is 0 Å². The topological polar surface area (TPSA) is 41.1 Å². The first kappa shape index (κ1) is 18.3. The number of hydrogen-bond donors (Lipinski definition) is 2. The highest BCUT2D eigenvalue weighted by Crippen LogP contribution is 2.35. The molecule has 1 heterocycles. The van der Waals surface area contributed by atoms with E-state index in [1.165, 1.54) is 18.4 Å². The van der Waals surface area contributed by atoms with Crippen LogP contribution in [0, 0.1) is 11.8 Å². The van der Waals surface area contributed by atoms with Gasteiger partial charge in [-0.3, -0.25) is 4.79 Å². The molecule has 1 saturated heterocycles. The lowest BCUT2D eigenvalue weighted by Gasteiger charge is -2.29. The highest BCUT2D eigenvalue weighted by atomic mass is 35.5. The minimum Gasteiger partial charge on any atom is -0.356 e. The summed E-state index contributed by atoms with van der Waals surface area (Å²) in [4.78, 5) is 12.4. The van der Waals surface area contributed by atoms with Gasteiger partial charge in [0.25, 0.3) is 0 Å². The van der Waals surface area contributed by atoms with Gasteiger partial charge < -0.3 is 10.6 Å². The minimum atomic E-state index is 0. The van der Waals surface area contributed by atoms with E-state index in [-0.39, 0.29) is 24.2 Å². The van der Waals surface area contributed by atoms with E-state index in [1.807, 2.05) is 0 Å². The molecule has 1 atom stereocenters. The van der Waals surface area contributed by atoms with Crippen molar-refractivity contribution in [3.05, 3.63) is 35.9 Å². The normalized spacial score (nSPS) is 27.7. The predicted molar refractivity (Wildman–Crippen MR) is 97.0 cm³/mol. The van der Waals surface area contributed by atoms with Crippen LogP contribution in [0.25, 0.3) is 0 Å². The van der Waals surface area contributed by atoms with Gasteiger partial charge in [0.1, 0.15) is 0 Å². The Hall–Kier alpha value is -1.06. The van der Waals surface area contributed by atoms with Crippen molar-refractivity contribution in [3.63, 3.8) is 0 Å². The molecule has 0 spiro atoms. The molecule has 2 aliphatic rings. The highest BCUT2D eigenvalue weighted by molar-refractivity contribution is 5.85. The van der Waals surface area contributed by atoms with Gasteiger partial charge in [-0.25, -0.2) is 0 Å². The lowest BCUT2D eigenvalue weighted by molar-refractivity contribution is -0.126. The second-order valence-corrected chi connectivity index (χ2v) is 6.92. The summed E-state index contributed by atoms with van der Waals surface area (Å²) in [5, 5.41) is 6.61. The first-order valence-corrected chi connectivity index (χ1v) is 8.86. The summed E-state index contributed by atoms with van der Waals surface area (Å²) < 4.78 is 0. The van der Waals surface area contributed by atoms with Crippen LogP contribution in [-0.4, -0.2) is 25.5 Å². The molecule has 2 fully saturated rings. The molecule has 23 heavy (non-hydrogen) atoms. The van der Waals surface area contributed by atoms with E-state index in [0.717, 1.165) is 45.3 Å². The number of carbonyl (C=O) groups excluding carboxylic acids is 1. The van der Waals surface area contributed by atoms with Gasteiger partial charge in [0.05, 0.1) is 0 Å². The highest BCUT2D eigenvalue weighted by Gasteiger charge is 2.27. The quantitative estimate of drug-likeness (QED) is 0.883. The standard InChI is InChI=1S/C19H28N2O.ClH/c22-19(21-14-15-5-4-12-20-13-15)18-10-8-17(9-11-18)16-6-2-1-3-7-16;/h1-3,6-7,15,17-18,20H,4-5,8-14H2,(H,21,22);1H. The number of hydrogen-bond acceptors (Lipinski definition) is 2. The fourth-order valence-corrected chi connectivity index (χ4v) is 3.90. The molecule has 3 rings (SSSR count). The Morgan fingerprint density at radius 2 is 1.83 bits per heavy atom. The van der Waals surface area contributed by atoms with Crippen LogP contribution < -0.4 is 10.6 Å². The largest absolute Gasteiger partial charge is 0.356 e. The third-order valence-electron chi connectivity index (χ3n) is 5.33. The van der Waals surface area contributed by atoms with Crippen molar-refractivity contribution in [2.24, 2.45) is 11.8 Å². The Balaban J connectivity index is 0.00000192. The molecule has 1 aromatic carbocycles. The lowest BCUT2D eigenvalue weighted by atomic mass is 9.78. The zero-order valence-electron chi connectivity index (χ0n) is 13.8. The van der Waals surface area contributed by atoms with Gasteiger partial charge in [0.15, 0.2) is 0 Å². The summed E-state index contributed by atoms with van der Waals surface area (Å²) in [6.45, 7) is 3.04. The number of benzene rings is 1. The second-order valence-electron chi connectivity index (χ2n) is 6.92. The summed E-state index contributed by atoms with van der Waals surface area (Å²) in [6.07, 6.45) is 6.85. The monoisotopic (exact) mass is 336 g/mol. The molecule has 0 aromatic heterocycles. The van der Waals surface area contributed by atoms with Gasteiger partial charge in [-0.1, -0.05) is 30.3 Å². The molecule has 0 radical (unpaired) electrons. The van der Waals surface area contributed by atoms with Crippen LogP contribution >= 0.6 is 12.4 Å². The second kappa shape index (κ2) is 9.29. The third kappa shape index (κ3) is 5.22. The first-order valence-electron chi connectivity index (χ1n) is 8.86. The number of carbonyl (C=O) groups is 1. The zero-order chi connectivity index (χ0) is 15.2. The van der Waals surface area contributed by atoms with Crippen LogP contribution in [0.2, 0.25) is 0 Å². The number of halogens is 1. The smallest absolute Gasteiger partial charge is 0.223 e. The molecule has 1 aliphatic heterocycles. The average molecular weight is 337 g/mol. The predicted octanol–water partition coefficient (Wildman–Crippen LogP) is 3.50. The van der Waals surface area contributed by atoms with E-state index in [2.05, 4.69) is 41.0 Å². The molecular weight excluding hydrogens is 308 g/mol. The van der Waals surface area contributed by atoms with Gasteiger partial charge in [-0.2, -0.15) is 0 Å². The first-order chi connectivity index (χ1) is 10.8. The van der Waals surface area contributed by atoms with Crippen molar-refractivity contribution in [3.8, 4) is 0 Å². The fourth-order valence-electron chi connectivity index (χ4n) is 3.90. The van der Waals surface area contributed by atoms with Gasteiger partial charge in [0, 0.05) is 12.5 Å². The number of amides is 1. The van der Waals surface area contributed by atoms with E-state index in [9.17, 15) is 4.79 Å². The lowest BCUT2D eigenvalue weighted by Crippen LogP contribution is -2.40. The van der Waals surface area contributed by atoms with Crippen molar-refractivity contribution in [2.45, 2.75) is 44.4 Å². The Morgan fingerprint density at radius 1 is 1.09 bits per heavy atom. The van der Waals surface area contributed by atoms with Crippen molar-refractivity contribution in [1.82, 2.24) is 10.6 Å². The van der Waals surface area contributed by atoms with Gasteiger partial charge in [0.2, 0.25) is 5.91 Å². The van der Waals surface area contributed by atoms with E-state index in [0.29, 0.717) is 11.8 Å². The van der Waals surface area contributed by atoms with Gasteiger partial charge >= 0.3 is 0 Å². The maximum atomic E-state index is 12.4. The molecule has 4 heteroatoms. The Morgan fingerprint density at radius 3 is 2.48 bits per heavy atom. The average Bonchev–Trinajstić information content (AvgIpc) is 2.61. The SMILES string of the molecule is Cl.O=C(NCC1CCCNC1)C1CCC(c2ccccc2)CC1. The summed E-state index contributed by atoms with van der Waals surface area (Å²) in [5.41, 5.74) is 1.44. The Labute approximate surface area is 146 Å². The number of piperidine rings is 1. The van der Waals surface area contributed by atoms with E-state index in [4.69, 9.17) is 0 Å². The van der Waals surface area contributed by atoms with E-state index in [1.54, 1.807) is 0 Å². The number of rotatable bonds is 4. The Kier molecular flexibility index (Phi) is 7.38. The zero-order valence-corrected chi connectivity index (χ0v) is 14.6. The van der Waals surface area contributed by atoms with Crippen LogP contribution in [0.5, 0.6) is 0 Å². The summed E-state index contributed by atoms with van der Waals surface area (Å²) in [5.74, 6) is 1.79. The maximum Gasteiger partial charge on any atom is 0.223 e. The summed E-state index contributed by atoms with van der Waals surface area (Å²) in [6, 6.07) is 10.8.